The molecule has 200 valence electrons. The van der Waals surface area contributed by atoms with Crippen molar-refractivity contribution in [1.29, 1.82) is 0 Å². The molecule has 0 unspecified atom stereocenters. The number of aryl methyl sites for hydroxylation is 2. The van der Waals surface area contributed by atoms with Gasteiger partial charge < -0.3 is 9.97 Å². The summed E-state index contributed by atoms with van der Waals surface area (Å²) in [7, 11) is 0. The number of H-pyrrole nitrogens is 2. The lowest BCUT2D eigenvalue weighted by Gasteiger charge is -2.43. The number of benzene rings is 4. The van der Waals surface area contributed by atoms with E-state index in [9.17, 15) is 0 Å². The third kappa shape index (κ3) is 4.34. The van der Waals surface area contributed by atoms with Crippen molar-refractivity contribution in [1.82, 2.24) is 19.8 Å². The van der Waals surface area contributed by atoms with Crippen LogP contribution in [0.4, 0.5) is 0 Å². The number of para-hydroxylation sites is 2. The molecular weight excluding hydrogens is 488 g/mol. The zero-order valence-electron chi connectivity index (χ0n) is 23.3. The molecule has 6 aromatic rings. The number of hydrogen-bond donors (Lipinski definition) is 2. The molecule has 4 heteroatoms. The van der Waals surface area contributed by atoms with Gasteiger partial charge in [-0.15, -0.1) is 0 Å². The largest absolute Gasteiger partial charge is 0.358 e. The van der Waals surface area contributed by atoms with E-state index in [1.165, 1.54) is 55.4 Å². The molecule has 0 bridgehead atoms. The quantitative estimate of drug-likeness (QED) is 0.234. The second-order valence-corrected chi connectivity index (χ2v) is 11.1. The molecule has 3 heterocycles. The molecule has 4 aromatic carbocycles. The highest BCUT2D eigenvalue weighted by atomic mass is 15.3. The lowest BCUT2D eigenvalue weighted by molar-refractivity contribution is 0.0902. The second kappa shape index (κ2) is 10.5. The van der Waals surface area contributed by atoms with Crippen LogP contribution in [0.2, 0.25) is 0 Å². The van der Waals surface area contributed by atoms with Crippen LogP contribution >= 0.6 is 0 Å². The van der Waals surface area contributed by atoms with Gasteiger partial charge in [-0.05, 0) is 37.1 Å². The summed E-state index contributed by atoms with van der Waals surface area (Å²) >= 11 is 0. The Balaban J connectivity index is 1.25. The van der Waals surface area contributed by atoms with Gasteiger partial charge in [0, 0.05) is 70.5 Å². The molecule has 40 heavy (non-hydrogen) atoms. The van der Waals surface area contributed by atoms with E-state index in [0.29, 0.717) is 0 Å². The average Bonchev–Trinajstić information content (AvgIpc) is 3.51. The summed E-state index contributed by atoms with van der Waals surface area (Å²) in [6.07, 6.45) is 0. The molecule has 0 radical (unpaired) electrons. The minimum atomic E-state index is 0.213. The number of aromatic amines is 2. The third-order valence-corrected chi connectivity index (χ3v) is 8.74. The summed E-state index contributed by atoms with van der Waals surface area (Å²) in [5.74, 6) is 0. The van der Waals surface area contributed by atoms with Gasteiger partial charge >= 0.3 is 0 Å². The van der Waals surface area contributed by atoms with Gasteiger partial charge in [-0.25, -0.2) is 0 Å². The van der Waals surface area contributed by atoms with Crippen molar-refractivity contribution in [2.24, 2.45) is 0 Å². The van der Waals surface area contributed by atoms with Gasteiger partial charge in [-0.2, -0.15) is 0 Å². The standard InChI is InChI=1S/C36H36N4/c1-25-33(29-17-9-11-19-31(29)37-25)35(27-13-5-3-6-14-27)39-21-23-40(24-22-39)36(28-15-7-4-8-16-28)34-26(2)38-32-20-12-10-18-30(32)34/h3-20,35-38H,21-24H2,1-2H3/t35-,36+. The van der Waals surface area contributed by atoms with Gasteiger partial charge in [-0.1, -0.05) is 97.1 Å². The molecule has 2 N–H and O–H groups in total. The number of fused-ring (bicyclic) bond motifs is 2. The van der Waals surface area contributed by atoms with Gasteiger partial charge in [0.1, 0.15) is 0 Å². The number of nitrogens with one attached hydrogen (secondary N) is 2. The van der Waals surface area contributed by atoms with E-state index in [2.05, 4.69) is 143 Å². The fourth-order valence-corrected chi connectivity index (χ4v) is 6.95. The first-order valence-electron chi connectivity index (χ1n) is 14.4. The predicted octanol–water partition coefficient (Wildman–Crippen LogP) is 7.76. The number of rotatable bonds is 6. The molecule has 4 nitrogen and oxygen atoms in total. The summed E-state index contributed by atoms with van der Waals surface area (Å²) in [5.41, 5.74) is 10.5. The first kappa shape index (κ1) is 24.9. The maximum Gasteiger partial charge on any atom is 0.0626 e. The Morgan fingerprint density at radius 1 is 0.475 bits per heavy atom. The van der Waals surface area contributed by atoms with Gasteiger partial charge in [0.05, 0.1) is 12.1 Å². The summed E-state index contributed by atoms with van der Waals surface area (Å²) in [6, 6.07) is 40.0. The van der Waals surface area contributed by atoms with E-state index in [4.69, 9.17) is 0 Å². The zero-order chi connectivity index (χ0) is 27.1. The normalized spacial score (nSPS) is 16.4. The SMILES string of the molecule is Cc1[nH]c2ccccc2c1[C@@H](c1ccccc1)N1CCN([C@@H](c2ccccc2)c2c(C)[nH]c3ccccc23)CC1. The number of hydrogen-bond acceptors (Lipinski definition) is 2. The van der Waals surface area contributed by atoms with Crippen molar-refractivity contribution in [3.8, 4) is 0 Å². The van der Waals surface area contributed by atoms with E-state index in [1.807, 2.05) is 0 Å². The Labute approximate surface area is 236 Å². The van der Waals surface area contributed by atoms with Gasteiger partial charge in [0.25, 0.3) is 0 Å². The molecule has 7 rings (SSSR count). The molecule has 1 aliphatic rings. The Morgan fingerprint density at radius 3 is 1.23 bits per heavy atom. The summed E-state index contributed by atoms with van der Waals surface area (Å²) < 4.78 is 0. The van der Waals surface area contributed by atoms with Crippen molar-refractivity contribution < 1.29 is 0 Å². The van der Waals surface area contributed by atoms with Crippen LogP contribution in [0, 0.1) is 13.8 Å². The fourth-order valence-electron chi connectivity index (χ4n) is 6.95. The molecule has 2 atom stereocenters. The monoisotopic (exact) mass is 524 g/mol. The van der Waals surface area contributed by atoms with Crippen molar-refractivity contribution in [3.05, 3.63) is 143 Å². The third-order valence-electron chi connectivity index (χ3n) is 8.74. The minimum absolute atomic E-state index is 0.213. The number of nitrogens with zero attached hydrogens (tertiary/aromatic N) is 2. The van der Waals surface area contributed by atoms with Crippen LogP contribution in [0.5, 0.6) is 0 Å². The highest BCUT2D eigenvalue weighted by Gasteiger charge is 2.34. The number of aromatic nitrogens is 2. The molecule has 1 saturated heterocycles. The molecular formula is C36H36N4. The van der Waals surface area contributed by atoms with Crippen LogP contribution in [0.25, 0.3) is 21.8 Å². The van der Waals surface area contributed by atoms with E-state index in [0.717, 1.165) is 26.2 Å². The Hall–Kier alpha value is -4.12. The van der Waals surface area contributed by atoms with Crippen LogP contribution in [-0.4, -0.2) is 45.9 Å². The predicted molar refractivity (Wildman–Crippen MR) is 166 cm³/mol. The smallest absolute Gasteiger partial charge is 0.0626 e. The van der Waals surface area contributed by atoms with E-state index < -0.39 is 0 Å². The van der Waals surface area contributed by atoms with Gasteiger partial charge in [-0.3, -0.25) is 9.80 Å². The topological polar surface area (TPSA) is 38.1 Å². The van der Waals surface area contributed by atoms with Crippen LogP contribution in [0.3, 0.4) is 0 Å². The summed E-state index contributed by atoms with van der Waals surface area (Å²) in [6.45, 7) is 8.47. The van der Waals surface area contributed by atoms with E-state index >= 15 is 0 Å². The van der Waals surface area contributed by atoms with Crippen LogP contribution in [0.1, 0.15) is 45.7 Å². The fraction of sp³-hybridized carbons (Fsp3) is 0.222. The van der Waals surface area contributed by atoms with Gasteiger partial charge in [0.2, 0.25) is 0 Å². The zero-order valence-corrected chi connectivity index (χ0v) is 23.3. The molecule has 0 spiro atoms. The van der Waals surface area contributed by atoms with Crippen molar-refractivity contribution in [2.75, 3.05) is 26.2 Å². The first-order valence-corrected chi connectivity index (χ1v) is 14.4. The second-order valence-electron chi connectivity index (χ2n) is 11.1. The van der Waals surface area contributed by atoms with Crippen LogP contribution in [-0.2, 0) is 0 Å². The van der Waals surface area contributed by atoms with E-state index in [1.54, 1.807) is 0 Å². The molecule has 0 saturated carbocycles. The van der Waals surface area contributed by atoms with Gasteiger partial charge in [0.15, 0.2) is 0 Å². The molecule has 1 aliphatic heterocycles. The van der Waals surface area contributed by atoms with Crippen molar-refractivity contribution in [3.63, 3.8) is 0 Å². The van der Waals surface area contributed by atoms with Crippen molar-refractivity contribution >= 4 is 21.8 Å². The summed E-state index contributed by atoms with van der Waals surface area (Å²) in [5, 5.41) is 2.65. The Bertz CT molecular complexity index is 1610. The highest BCUT2D eigenvalue weighted by Crippen LogP contribution is 2.40. The first-order chi connectivity index (χ1) is 19.7. The van der Waals surface area contributed by atoms with Crippen molar-refractivity contribution in [2.45, 2.75) is 25.9 Å². The van der Waals surface area contributed by atoms with Crippen LogP contribution < -0.4 is 0 Å². The lowest BCUT2D eigenvalue weighted by atomic mass is 9.92. The minimum Gasteiger partial charge on any atom is -0.358 e. The maximum absolute atomic E-state index is 3.67. The molecule has 2 aromatic heterocycles. The lowest BCUT2D eigenvalue weighted by Crippen LogP contribution is -2.49. The highest BCUT2D eigenvalue weighted by molar-refractivity contribution is 5.86. The molecule has 0 amide bonds. The number of piperazine rings is 1. The summed E-state index contributed by atoms with van der Waals surface area (Å²) in [4.78, 5) is 12.7. The van der Waals surface area contributed by atoms with Crippen LogP contribution in [0.15, 0.2) is 109 Å². The van der Waals surface area contributed by atoms with E-state index in [-0.39, 0.29) is 12.1 Å². The average molecular weight is 525 g/mol. The Kier molecular flexibility index (Phi) is 6.51. The molecule has 0 aliphatic carbocycles. The molecule has 1 fully saturated rings. The maximum atomic E-state index is 3.67. The Morgan fingerprint density at radius 2 is 0.825 bits per heavy atom.